The van der Waals surface area contributed by atoms with E-state index < -0.39 is 11.9 Å². The second-order valence-electron chi connectivity index (χ2n) is 9.54. The summed E-state index contributed by atoms with van der Waals surface area (Å²) in [5.41, 5.74) is 1.53. The van der Waals surface area contributed by atoms with Crippen LogP contribution in [0.3, 0.4) is 0 Å². The minimum atomic E-state index is -0.743. The monoisotopic (exact) mass is 545 g/mol. The van der Waals surface area contributed by atoms with Crippen LogP contribution in [0.15, 0.2) is 83.2 Å². The lowest BCUT2D eigenvalue weighted by Crippen LogP contribution is -2.50. The number of hydrogen-bond acceptors (Lipinski definition) is 6. The summed E-state index contributed by atoms with van der Waals surface area (Å²) >= 11 is 4.69. The minimum Gasteiger partial charge on any atom is -0.497 e. The zero-order chi connectivity index (χ0) is 27.8. The quantitative estimate of drug-likeness (QED) is 0.412. The van der Waals surface area contributed by atoms with Gasteiger partial charge < -0.3 is 14.8 Å². The molecule has 1 saturated carbocycles. The zero-order valence-electron chi connectivity index (χ0n) is 22.0. The molecule has 39 heavy (non-hydrogen) atoms. The third-order valence-electron chi connectivity index (χ3n) is 7.44. The van der Waals surface area contributed by atoms with E-state index in [1.165, 1.54) is 12.0 Å². The molecule has 0 unspecified atom stereocenters. The van der Waals surface area contributed by atoms with Crippen molar-refractivity contribution in [2.24, 2.45) is 4.36 Å². The summed E-state index contributed by atoms with van der Waals surface area (Å²) in [6.45, 7) is 0.395. The second-order valence-corrected chi connectivity index (χ2v) is 9.72. The molecule has 8 nitrogen and oxygen atoms in total. The predicted octanol–water partition coefficient (Wildman–Crippen LogP) is 5.31. The predicted molar refractivity (Wildman–Crippen MR) is 150 cm³/mol. The molecule has 0 aromatic heterocycles. The van der Waals surface area contributed by atoms with Crippen LogP contribution in [0.4, 0.5) is 4.79 Å². The molecule has 4 amide bonds. The smallest absolute Gasteiger partial charge is 0.362 e. The normalized spacial score (nSPS) is 18.5. The highest BCUT2D eigenvalue weighted by molar-refractivity contribution is 7.47. The van der Waals surface area contributed by atoms with Gasteiger partial charge in [0.25, 0.3) is 11.8 Å². The Balaban J connectivity index is 1.55. The van der Waals surface area contributed by atoms with Crippen molar-refractivity contribution >= 4 is 30.3 Å². The van der Waals surface area contributed by atoms with Gasteiger partial charge in [-0.3, -0.25) is 14.5 Å². The molecule has 3 aromatic carbocycles. The summed E-state index contributed by atoms with van der Waals surface area (Å²) in [6, 6.07) is 22.6. The van der Waals surface area contributed by atoms with Gasteiger partial charge in [-0.2, -0.15) is 0 Å². The van der Waals surface area contributed by atoms with Gasteiger partial charge in [-0.25, -0.2) is 4.79 Å². The fourth-order valence-electron chi connectivity index (χ4n) is 5.28. The molecule has 9 heteroatoms. The molecule has 0 atom stereocenters. The number of carbonyl (C=O) groups is 3. The summed E-state index contributed by atoms with van der Waals surface area (Å²) in [5.74, 6) is 0.448. The van der Waals surface area contributed by atoms with Gasteiger partial charge in [0.1, 0.15) is 11.5 Å². The average molecular weight is 546 g/mol. The van der Waals surface area contributed by atoms with Crippen LogP contribution < -0.4 is 14.8 Å². The number of nitrogens with one attached hydrogen (secondary N) is 1. The van der Waals surface area contributed by atoms with E-state index >= 15 is 0 Å². The van der Waals surface area contributed by atoms with Gasteiger partial charge in [-0.15, -0.1) is 4.36 Å². The standard InChI is InChI=1S/C30H31N3O5S/c1-37-24-14-12-21(13-15-24)28(35)33(29(36)32-39)23-16-18-30(19-17-23,22-8-4-3-5-9-22)20-31-27(34)25-10-6-7-11-26(25)38-2/h3-15,23H,16-20H2,1-2H3,(H,31,34). The molecule has 1 fully saturated rings. The van der Waals surface area contributed by atoms with E-state index in [1.807, 2.05) is 24.3 Å². The van der Waals surface area contributed by atoms with E-state index in [0.29, 0.717) is 54.9 Å². The maximum absolute atomic E-state index is 13.4. The molecule has 0 spiro atoms. The summed E-state index contributed by atoms with van der Waals surface area (Å²) in [4.78, 5) is 40.4. The lowest BCUT2D eigenvalue weighted by Gasteiger charge is -2.43. The number of imide groups is 1. The van der Waals surface area contributed by atoms with Crippen molar-refractivity contribution in [3.8, 4) is 11.5 Å². The fraction of sp³-hybridized carbons (Fsp3) is 0.300. The number of hydrogen-bond donors (Lipinski definition) is 1. The Morgan fingerprint density at radius 3 is 2.18 bits per heavy atom. The van der Waals surface area contributed by atoms with Crippen molar-refractivity contribution in [1.29, 1.82) is 0 Å². The van der Waals surface area contributed by atoms with Crippen molar-refractivity contribution in [3.05, 3.63) is 95.6 Å². The van der Waals surface area contributed by atoms with Gasteiger partial charge in [-0.1, -0.05) is 42.5 Å². The maximum atomic E-state index is 13.4. The van der Waals surface area contributed by atoms with Crippen LogP contribution in [0.2, 0.25) is 0 Å². The maximum Gasteiger partial charge on any atom is 0.362 e. The number of rotatable bonds is 8. The molecular weight excluding hydrogens is 514 g/mol. The van der Waals surface area contributed by atoms with Crippen molar-refractivity contribution in [2.45, 2.75) is 37.1 Å². The number of methoxy groups -OCH3 is 2. The molecule has 202 valence electrons. The third kappa shape index (κ3) is 6.15. The summed E-state index contributed by atoms with van der Waals surface area (Å²) in [5, 5.41) is 3.11. The van der Waals surface area contributed by atoms with E-state index in [9.17, 15) is 14.4 Å². The van der Waals surface area contributed by atoms with Gasteiger partial charge in [0.15, 0.2) is 0 Å². The molecule has 0 heterocycles. The van der Waals surface area contributed by atoms with E-state index in [4.69, 9.17) is 21.9 Å². The topological polar surface area (TPSA) is 97.3 Å². The number of carbonyl (C=O) groups excluding carboxylic acids is 3. The van der Waals surface area contributed by atoms with Gasteiger partial charge >= 0.3 is 6.03 Å². The SMILES string of the molecule is COc1ccc(C(=O)N(C(=O)N=S)C2CCC(CNC(=O)c3ccccc3OC)(c3ccccc3)CC2)cc1. The molecule has 0 aliphatic heterocycles. The fourth-order valence-corrected chi connectivity index (χ4v) is 5.36. The molecule has 0 saturated heterocycles. The Bertz CT molecular complexity index is 1320. The van der Waals surface area contributed by atoms with Gasteiger partial charge in [0.05, 0.1) is 19.8 Å². The van der Waals surface area contributed by atoms with E-state index in [0.717, 1.165) is 5.56 Å². The van der Waals surface area contributed by atoms with Crippen molar-refractivity contribution in [2.75, 3.05) is 20.8 Å². The summed E-state index contributed by atoms with van der Waals surface area (Å²) in [7, 11) is 3.08. The Hall–Kier alpha value is -4.11. The van der Waals surface area contributed by atoms with Crippen LogP contribution in [0, 0.1) is 0 Å². The van der Waals surface area contributed by atoms with E-state index in [-0.39, 0.29) is 17.4 Å². The molecular formula is C30H31N3O5S. The van der Waals surface area contributed by atoms with Crippen molar-refractivity contribution in [3.63, 3.8) is 0 Å². The first-order chi connectivity index (χ1) is 18.9. The summed E-state index contributed by atoms with van der Waals surface area (Å²) < 4.78 is 13.9. The zero-order valence-corrected chi connectivity index (χ0v) is 22.8. The van der Waals surface area contributed by atoms with Gasteiger partial charge in [0.2, 0.25) is 0 Å². The van der Waals surface area contributed by atoms with E-state index in [2.05, 4.69) is 21.8 Å². The number of ether oxygens (including phenoxy) is 2. The van der Waals surface area contributed by atoms with Crippen LogP contribution in [0.5, 0.6) is 11.5 Å². The first-order valence-corrected chi connectivity index (χ1v) is 13.1. The first-order valence-electron chi connectivity index (χ1n) is 12.7. The number of benzene rings is 3. The third-order valence-corrected chi connectivity index (χ3v) is 7.60. The first kappa shape index (κ1) is 27.9. The van der Waals surface area contributed by atoms with Crippen LogP contribution >= 0.6 is 0 Å². The van der Waals surface area contributed by atoms with Crippen LogP contribution in [-0.4, -0.2) is 49.6 Å². The number of para-hydroxylation sites is 1. The second kappa shape index (κ2) is 12.6. The number of nitrogens with zero attached hydrogens (tertiary/aromatic N) is 2. The number of amides is 4. The highest BCUT2D eigenvalue weighted by atomic mass is 32.1. The molecule has 0 bridgehead atoms. The highest BCUT2D eigenvalue weighted by Crippen LogP contribution is 2.41. The molecule has 0 radical (unpaired) electrons. The molecule has 1 aliphatic rings. The highest BCUT2D eigenvalue weighted by Gasteiger charge is 2.41. The Morgan fingerprint density at radius 1 is 0.923 bits per heavy atom. The van der Waals surface area contributed by atoms with Crippen LogP contribution in [0.1, 0.15) is 52.0 Å². The average Bonchev–Trinajstić information content (AvgIpc) is 3.00. The largest absolute Gasteiger partial charge is 0.497 e. The van der Waals surface area contributed by atoms with Crippen molar-refractivity contribution < 1.29 is 23.9 Å². The Labute approximate surface area is 233 Å². The molecule has 1 aliphatic carbocycles. The van der Waals surface area contributed by atoms with Crippen LogP contribution in [-0.2, 0) is 17.8 Å². The Kier molecular flexibility index (Phi) is 9.03. The van der Waals surface area contributed by atoms with Crippen molar-refractivity contribution in [1.82, 2.24) is 10.2 Å². The van der Waals surface area contributed by atoms with Gasteiger partial charge in [0, 0.05) is 36.0 Å². The molecule has 1 N–H and O–H groups in total. The van der Waals surface area contributed by atoms with Gasteiger partial charge in [-0.05, 0) is 67.6 Å². The Morgan fingerprint density at radius 2 is 1.56 bits per heavy atom. The van der Waals surface area contributed by atoms with E-state index in [1.54, 1.807) is 49.6 Å². The minimum absolute atomic E-state index is 0.221. The molecule has 4 rings (SSSR count). The van der Waals surface area contributed by atoms with Crippen LogP contribution in [0.25, 0.3) is 0 Å². The number of urea groups is 1. The lowest BCUT2D eigenvalue weighted by atomic mass is 9.67. The summed E-state index contributed by atoms with van der Waals surface area (Å²) in [6.07, 6.45) is 2.37. The lowest BCUT2D eigenvalue weighted by molar-refractivity contribution is 0.0685. The molecule has 3 aromatic rings.